The van der Waals surface area contributed by atoms with Gasteiger partial charge >= 0.3 is 0 Å². The van der Waals surface area contributed by atoms with Gasteiger partial charge in [0.15, 0.2) is 6.61 Å². The summed E-state index contributed by atoms with van der Waals surface area (Å²) in [6.07, 6.45) is 1.75. The summed E-state index contributed by atoms with van der Waals surface area (Å²) in [6.45, 7) is 5.56. The Bertz CT molecular complexity index is 1230. The Kier molecular flexibility index (Phi) is 8.93. The molecule has 1 aromatic heterocycles. The van der Waals surface area contributed by atoms with E-state index < -0.39 is 22.8 Å². The topological polar surface area (TPSA) is 136 Å². The van der Waals surface area contributed by atoms with Crippen LogP contribution in [0.15, 0.2) is 70.2 Å². The molecule has 0 saturated carbocycles. The highest BCUT2D eigenvalue weighted by Crippen LogP contribution is 2.24. The summed E-state index contributed by atoms with van der Waals surface area (Å²) in [4.78, 5) is 35.4. The molecule has 0 unspecified atom stereocenters. The SMILES string of the molecule is Cc1ccccc1OCC(=O)N[C@@H](CC(C)C)C(=O)N/N=C\c1ccc(-c2ccc([N+](=O)[O-])cc2)o1. The van der Waals surface area contributed by atoms with E-state index in [1.54, 1.807) is 30.3 Å². The normalized spacial score (nSPS) is 11.9. The van der Waals surface area contributed by atoms with Gasteiger partial charge in [-0.15, -0.1) is 0 Å². The highest BCUT2D eigenvalue weighted by molar-refractivity contribution is 5.89. The molecule has 0 aliphatic rings. The molecule has 0 radical (unpaired) electrons. The Balaban J connectivity index is 1.56. The van der Waals surface area contributed by atoms with Gasteiger partial charge in [-0.1, -0.05) is 32.0 Å². The second kappa shape index (κ2) is 12.3. The van der Waals surface area contributed by atoms with Crippen LogP contribution in [0.1, 0.15) is 31.6 Å². The van der Waals surface area contributed by atoms with Crippen LogP contribution in [0.5, 0.6) is 5.75 Å². The molecule has 36 heavy (non-hydrogen) atoms. The third-order valence-electron chi connectivity index (χ3n) is 5.17. The number of para-hydroxylation sites is 1. The molecule has 0 bridgehead atoms. The highest BCUT2D eigenvalue weighted by Gasteiger charge is 2.22. The Morgan fingerprint density at radius 2 is 1.83 bits per heavy atom. The number of nitrogens with zero attached hydrogens (tertiary/aromatic N) is 2. The molecule has 3 rings (SSSR count). The van der Waals surface area contributed by atoms with Gasteiger partial charge in [0.1, 0.15) is 23.3 Å². The molecule has 2 N–H and O–H groups in total. The molecule has 10 heteroatoms. The lowest BCUT2D eigenvalue weighted by molar-refractivity contribution is -0.384. The zero-order valence-electron chi connectivity index (χ0n) is 20.3. The molecule has 0 aliphatic carbocycles. The van der Waals surface area contributed by atoms with E-state index in [4.69, 9.17) is 9.15 Å². The average molecular weight is 493 g/mol. The van der Waals surface area contributed by atoms with E-state index in [0.29, 0.717) is 29.3 Å². The molecule has 10 nitrogen and oxygen atoms in total. The number of non-ortho nitro benzene ring substituents is 1. The van der Waals surface area contributed by atoms with Gasteiger partial charge in [-0.25, -0.2) is 5.43 Å². The average Bonchev–Trinajstić information content (AvgIpc) is 3.32. The predicted molar refractivity (Wildman–Crippen MR) is 135 cm³/mol. The zero-order chi connectivity index (χ0) is 26.1. The van der Waals surface area contributed by atoms with Crippen molar-refractivity contribution in [3.8, 4) is 17.1 Å². The Hall–Kier alpha value is -4.47. The van der Waals surface area contributed by atoms with Crippen LogP contribution >= 0.6 is 0 Å². The quantitative estimate of drug-likeness (QED) is 0.234. The fourth-order valence-electron chi connectivity index (χ4n) is 3.36. The van der Waals surface area contributed by atoms with Crippen LogP contribution in [0, 0.1) is 23.0 Å². The van der Waals surface area contributed by atoms with E-state index in [0.717, 1.165) is 5.56 Å². The number of nitro groups is 1. The number of hydrazone groups is 1. The maximum Gasteiger partial charge on any atom is 0.269 e. The van der Waals surface area contributed by atoms with Gasteiger partial charge in [-0.3, -0.25) is 19.7 Å². The summed E-state index contributed by atoms with van der Waals surface area (Å²) < 4.78 is 11.2. The number of carbonyl (C=O) groups is 2. The summed E-state index contributed by atoms with van der Waals surface area (Å²) in [5.41, 5.74) is 3.99. The van der Waals surface area contributed by atoms with E-state index in [2.05, 4.69) is 15.8 Å². The van der Waals surface area contributed by atoms with Crippen molar-refractivity contribution in [2.45, 2.75) is 33.2 Å². The minimum atomic E-state index is -0.789. The van der Waals surface area contributed by atoms with Crippen molar-refractivity contribution >= 4 is 23.7 Å². The number of nitrogens with one attached hydrogen (secondary N) is 2. The second-order valence-corrected chi connectivity index (χ2v) is 8.54. The number of furan rings is 1. The minimum Gasteiger partial charge on any atom is -0.484 e. The fourth-order valence-corrected chi connectivity index (χ4v) is 3.36. The summed E-state index contributed by atoms with van der Waals surface area (Å²) in [7, 11) is 0. The molecule has 1 heterocycles. The monoisotopic (exact) mass is 492 g/mol. The fraction of sp³-hybridized carbons (Fsp3) is 0.269. The maximum atomic E-state index is 12.7. The standard InChI is InChI=1S/C26H28N4O6/c1-17(2)14-22(28-25(31)16-35-23-7-5-4-6-18(23)3)26(32)29-27-15-21-12-13-24(36-21)19-8-10-20(11-9-19)30(33)34/h4-13,15,17,22H,14,16H2,1-3H3,(H,28,31)(H,29,32)/b27-15-/t22-/m0/s1. The molecule has 188 valence electrons. The van der Waals surface area contributed by atoms with Gasteiger partial charge in [-0.05, 0) is 55.2 Å². The Morgan fingerprint density at radius 1 is 1.11 bits per heavy atom. The number of rotatable bonds is 11. The lowest BCUT2D eigenvalue weighted by Crippen LogP contribution is -2.47. The third kappa shape index (κ3) is 7.52. The number of benzene rings is 2. The number of hydrogen-bond donors (Lipinski definition) is 2. The third-order valence-corrected chi connectivity index (χ3v) is 5.17. The van der Waals surface area contributed by atoms with Crippen LogP contribution in [0.25, 0.3) is 11.3 Å². The molecule has 0 fully saturated rings. The van der Waals surface area contributed by atoms with E-state index in [9.17, 15) is 19.7 Å². The number of ether oxygens (including phenoxy) is 1. The van der Waals surface area contributed by atoms with Crippen molar-refractivity contribution in [2.24, 2.45) is 11.0 Å². The lowest BCUT2D eigenvalue weighted by atomic mass is 10.0. The molecule has 3 aromatic rings. The van der Waals surface area contributed by atoms with Crippen molar-refractivity contribution in [2.75, 3.05) is 6.61 Å². The number of amides is 2. The molecular weight excluding hydrogens is 464 g/mol. The molecule has 0 spiro atoms. The first-order chi connectivity index (χ1) is 17.2. The molecule has 2 amide bonds. The first kappa shape index (κ1) is 26.1. The van der Waals surface area contributed by atoms with Crippen molar-refractivity contribution < 1.29 is 23.7 Å². The second-order valence-electron chi connectivity index (χ2n) is 8.54. The predicted octanol–water partition coefficient (Wildman–Crippen LogP) is 4.22. The molecular formula is C26H28N4O6. The van der Waals surface area contributed by atoms with Crippen LogP contribution in [0.4, 0.5) is 5.69 Å². The molecule has 1 atom stereocenters. The van der Waals surface area contributed by atoms with Crippen LogP contribution in [0.2, 0.25) is 0 Å². The van der Waals surface area contributed by atoms with Gasteiger partial charge in [0.25, 0.3) is 17.5 Å². The van der Waals surface area contributed by atoms with Crippen molar-refractivity contribution in [3.63, 3.8) is 0 Å². The van der Waals surface area contributed by atoms with Gasteiger partial charge in [0.2, 0.25) is 0 Å². The van der Waals surface area contributed by atoms with E-state index in [1.807, 2.05) is 39.0 Å². The van der Waals surface area contributed by atoms with Gasteiger partial charge in [0.05, 0.1) is 11.1 Å². The molecule has 0 saturated heterocycles. The maximum absolute atomic E-state index is 12.7. The summed E-state index contributed by atoms with van der Waals surface area (Å²) in [5.74, 6) is 0.745. The number of hydrogen-bond acceptors (Lipinski definition) is 7. The van der Waals surface area contributed by atoms with Crippen LogP contribution in [-0.2, 0) is 9.59 Å². The van der Waals surface area contributed by atoms with Crippen molar-refractivity contribution in [3.05, 3.63) is 82.1 Å². The number of aryl methyl sites for hydroxylation is 1. The molecule has 2 aromatic carbocycles. The van der Waals surface area contributed by atoms with Crippen molar-refractivity contribution in [1.29, 1.82) is 0 Å². The first-order valence-corrected chi connectivity index (χ1v) is 11.4. The van der Waals surface area contributed by atoms with Gasteiger partial charge in [0, 0.05) is 17.7 Å². The Morgan fingerprint density at radius 3 is 2.50 bits per heavy atom. The summed E-state index contributed by atoms with van der Waals surface area (Å²) >= 11 is 0. The van der Waals surface area contributed by atoms with E-state index in [1.165, 1.54) is 18.3 Å². The van der Waals surface area contributed by atoms with E-state index in [-0.39, 0.29) is 18.2 Å². The minimum absolute atomic E-state index is 0.0143. The van der Waals surface area contributed by atoms with Crippen molar-refractivity contribution in [1.82, 2.24) is 10.7 Å². The van der Waals surface area contributed by atoms with Crippen LogP contribution in [-0.4, -0.2) is 35.6 Å². The van der Waals surface area contributed by atoms with Crippen LogP contribution < -0.4 is 15.5 Å². The van der Waals surface area contributed by atoms with Crippen LogP contribution in [0.3, 0.4) is 0 Å². The summed E-state index contributed by atoms with van der Waals surface area (Å²) in [5, 5.41) is 17.4. The summed E-state index contributed by atoms with van der Waals surface area (Å²) in [6, 6.07) is 15.9. The first-order valence-electron chi connectivity index (χ1n) is 11.4. The smallest absolute Gasteiger partial charge is 0.269 e. The largest absolute Gasteiger partial charge is 0.484 e. The van der Waals surface area contributed by atoms with Gasteiger partial charge < -0.3 is 14.5 Å². The highest BCUT2D eigenvalue weighted by atomic mass is 16.6. The van der Waals surface area contributed by atoms with E-state index >= 15 is 0 Å². The zero-order valence-corrected chi connectivity index (χ0v) is 20.3. The Labute approximate surface area is 208 Å². The lowest BCUT2D eigenvalue weighted by Gasteiger charge is -2.19. The van der Waals surface area contributed by atoms with Gasteiger partial charge in [-0.2, -0.15) is 5.10 Å². The molecule has 0 aliphatic heterocycles. The number of carbonyl (C=O) groups excluding carboxylic acids is 2. The number of nitro benzene ring substituents is 1.